The first kappa shape index (κ1) is 10.2. The van der Waals surface area contributed by atoms with Crippen LogP contribution in [0.1, 0.15) is 42.5 Å². The van der Waals surface area contributed by atoms with Gasteiger partial charge in [0.1, 0.15) is 10.4 Å². The third-order valence-corrected chi connectivity index (χ3v) is 2.53. The first-order valence-electron chi connectivity index (χ1n) is 4.05. The molecule has 0 saturated heterocycles. The van der Waals surface area contributed by atoms with Gasteiger partial charge in [-0.3, -0.25) is 0 Å². The lowest BCUT2D eigenvalue weighted by atomic mass is 10.1. The molecule has 1 unspecified atom stereocenters. The zero-order valence-electron chi connectivity index (χ0n) is 7.47. The summed E-state index contributed by atoms with van der Waals surface area (Å²) in [5, 5.41) is 8.72. The standard InChI is InChI=1S/C8H11BrN2O2/c1-3-4(2)7-10-5(8(12)13)6(9)11-7/h4H,3H2,1-2H3,(H,10,11)(H,12,13). The van der Waals surface area contributed by atoms with E-state index in [0.29, 0.717) is 10.4 Å². The van der Waals surface area contributed by atoms with Gasteiger partial charge in [0, 0.05) is 5.92 Å². The van der Waals surface area contributed by atoms with Crippen LogP contribution in [0.4, 0.5) is 0 Å². The molecule has 0 aliphatic heterocycles. The Labute approximate surface area is 84.5 Å². The average molecular weight is 247 g/mol. The van der Waals surface area contributed by atoms with E-state index in [-0.39, 0.29) is 11.6 Å². The van der Waals surface area contributed by atoms with Crippen molar-refractivity contribution >= 4 is 21.9 Å². The summed E-state index contributed by atoms with van der Waals surface area (Å²) in [5.41, 5.74) is 0.0512. The van der Waals surface area contributed by atoms with Crippen LogP contribution in [0.2, 0.25) is 0 Å². The molecular formula is C8H11BrN2O2. The van der Waals surface area contributed by atoms with Gasteiger partial charge in [0.05, 0.1) is 0 Å². The van der Waals surface area contributed by atoms with Gasteiger partial charge in [-0.25, -0.2) is 9.78 Å². The minimum atomic E-state index is -1.02. The van der Waals surface area contributed by atoms with Crippen molar-refractivity contribution in [1.82, 2.24) is 9.97 Å². The van der Waals surface area contributed by atoms with Gasteiger partial charge in [-0.1, -0.05) is 13.8 Å². The topological polar surface area (TPSA) is 66.0 Å². The number of imidazole rings is 1. The summed E-state index contributed by atoms with van der Waals surface area (Å²) in [6, 6.07) is 0. The molecule has 13 heavy (non-hydrogen) atoms. The molecule has 0 aliphatic rings. The van der Waals surface area contributed by atoms with E-state index in [1.54, 1.807) is 0 Å². The molecular weight excluding hydrogens is 236 g/mol. The molecule has 0 aliphatic carbocycles. The van der Waals surface area contributed by atoms with Crippen LogP contribution < -0.4 is 0 Å². The van der Waals surface area contributed by atoms with Gasteiger partial charge in [-0.05, 0) is 22.4 Å². The van der Waals surface area contributed by atoms with Crippen molar-refractivity contribution in [3.05, 3.63) is 16.1 Å². The molecule has 4 nitrogen and oxygen atoms in total. The minimum Gasteiger partial charge on any atom is -0.476 e. The molecule has 1 aromatic rings. The zero-order chi connectivity index (χ0) is 10.0. The smallest absolute Gasteiger partial charge is 0.357 e. The van der Waals surface area contributed by atoms with Crippen molar-refractivity contribution < 1.29 is 9.90 Å². The first-order chi connectivity index (χ1) is 6.06. The summed E-state index contributed by atoms with van der Waals surface area (Å²) in [6.07, 6.45) is 0.930. The Bertz CT molecular complexity index is 322. The fourth-order valence-electron chi connectivity index (χ4n) is 0.938. The van der Waals surface area contributed by atoms with E-state index in [1.807, 2.05) is 13.8 Å². The Hall–Kier alpha value is -0.840. The predicted octanol–water partition coefficient (Wildman–Crippen LogP) is 2.38. The quantitative estimate of drug-likeness (QED) is 0.861. The largest absolute Gasteiger partial charge is 0.476 e. The normalized spacial score (nSPS) is 12.8. The molecule has 2 N–H and O–H groups in total. The maximum Gasteiger partial charge on any atom is 0.357 e. The molecule has 1 heterocycles. The van der Waals surface area contributed by atoms with Gasteiger partial charge in [0.2, 0.25) is 0 Å². The van der Waals surface area contributed by atoms with Gasteiger partial charge in [0.25, 0.3) is 0 Å². The summed E-state index contributed by atoms with van der Waals surface area (Å²) < 4.78 is 0.440. The number of aromatic carboxylic acids is 1. The number of aromatic nitrogens is 2. The predicted molar refractivity (Wildman–Crippen MR) is 52.0 cm³/mol. The number of carboxylic acids is 1. The molecule has 5 heteroatoms. The van der Waals surface area contributed by atoms with Crippen LogP contribution in [0.3, 0.4) is 0 Å². The van der Waals surface area contributed by atoms with Crippen molar-refractivity contribution in [2.24, 2.45) is 0 Å². The number of nitrogens with one attached hydrogen (secondary N) is 1. The molecule has 72 valence electrons. The highest BCUT2D eigenvalue weighted by molar-refractivity contribution is 9.10. The van der Waals surface area contributed by atoms with Gasteiger partial charge in [0.15, 0.2) is 5.69 Å². The summed E-state index contributed by atoms with van der Waals surface area (Å²) in [6.45, 7) is 4.03. The maximum absolute atomic E-state index is 10.6. The number of carboxylic acid groups (broad SMARTS) is 1. The van der Waals surface area contributed by atoms with Crippen molar-refractivity contribution in [2.75, 3.05) is 0 Å². The van der Waals surface area contributed by atoms with E-state index in [1.165, 1.54) is 0 Å². The van der Waals surface area contributed by atoms with Crippen LogP contribution in [-0.4, -0.2) is 21.0 Å². The van der Waals surface area contributed by atoms with E-state index < -0.39 is 5.97 Å². The van der Waals surface area contributed by atoms with E-state index in [9.17, 15) is 4.79 Å². The number of hydrogen-bond acceptors (Lipinski definition) is 2. The molecule has 0 saturated carbocycles. The number of hydrogen-bond donors (Lipinski definition) is 2. The van der Waals surface area contributed by atoms with E-state index in [0.717, 1.165) is 6.42 Å². The molecule has 1 aromatic heterocycles. The molecule has 0 bridgehead atoms. The maximum atomic E-state index is 10.6. The molecule has 1 rings (SSSR count). The Balaban J connectivity index is 3.01. The zero-order valence-corrected chi connectivity index (χ0v) is 9.05. The second-order valence-corrected chi connectivity index (χ2v) is 3.69. The Morgan fingerprint density at radius 2 is 2.38 bits per heavy atom. The van der Waals surface area contributed by atoms with Crippen LogP contribution in [0.5, 0.6) is 0 Å². The number of rotatable bonds is 3. The van der Waals surface area contributed by atoms with E-state index in [4.69, 9.17) is 5.11 Å². The summed E-state index contributed by atoms with van der Waals surface area (Å²) in [4.78, 5) is 17.5. The van der Waals surface area contributed by atoms with Crippen LogP contribution in [0.25, 0.3) is 0 Å². The first-order valence-corrected chi connectivity index (χ1v) is 4.84. The van der Waals surface area contributed by atoms with Gasteiger partial charge < -0.3 is 10.1 Å². The number of carbonyl (C=O) groups is 1. The summed E-state index contributed by atoms with van der Waals surface area (Å²) in [7, 11) is 0. The van der Waals surface area contributed by atoms with Crippen LogP contribution >= 0.6 is 15.9 Å². The minimum absolute atomic E-state index is 0.0512. The van der Waals surface area contributed by atoms with Gasteiger partial charge in [-0.15, -0.1) is 0 Å². The van der Waals surface area contributed by atoms with Crippen LogP contribution in [0, 0.1) is 0 Å². The molecule has 0 amide bonds. The van der Waals surface area contributed by atoms with E-state index in [2.05, 4.69) is 25.9 Å². The number of nitrogens with zero attached hydrogens (tertiary/aromatic N) is 1. The molecule has 0 spiro atoms. The van der Waals surface area contributed by atoms with Crippen LogP contribution in [-0.2, 0) is 0 Å². The molecule has 0 fully saturated rings. The SMILES string of the molecule is CCC(C)c1nc(C(=O)O)c(Br)[nH]1. The van der Waals surface area contributed by atoms with E-state index >= 15 is 0 Å². The third kappa shape index (κ3) is 2.09. The van der Waals surface area contributed by atoms with Crippen molar-refractivity contribution in [2.45, 2.75) is 26.2 Å². The van der Waals surface area contributed by atoms with Crippen molar-refractivity contribution in [3.8, 4) is 0 Å². The number of aromatic amines is 1. The Morgan fingerprint density at radius 1 is 1.77 bits per heavy atom. The fourth-order valence-corrected chi connectivity index (χ4v) is 1.40. The second-order valence-electron chi connectivity index (χ2n) is 2.90. The third-order valence-electron chi connectivity index (χ3n) is 1.96. The lowest BCUT2D eigenvalue weighted by molar-refractivity contribution is 0.0690. The second kappa shape index (κ2) is 3.91. The molecule has 0 radical (unpaired) electrons. The molecule has 0 aromatic carbocycles. The summed E-state index contributed by atoms with van der Waals surface area (Å²) >= 11 is 3.12. The number of halogens is 1. The fraction of sp³-hybridized carbons (Fsp3) is 0.500. The van der Waals surface area contributed by atoms with Crippen molar-refractivity contribution in [3.63, 3.8) is 0 Å². The summed E-state index contributed by atoms with van der Waals surface area (Å²) in [5.74, 6) is -0.0474. The van der Waals surface area contributed by atoms with Gasteiger partial charge >= 0.3 is 5.97 Å². The highest BCUT2D eigenvalue weighted by atomic mass is 79.9. The highest BCUT2D eigenvalue weighted by Crippen LogP contribution is 2.20. The molecule has 1 atom stereocenters. The number of H-pyrrole nitrogens is 1. The lowest BCUT2D eigenvalue weighted by Crippen LogP contribution is -1.99. The monoisotopic (exact) mass is 246 g/mol. The van der Waals surface area contributed by atoms with Gasteiger partial charge in [-0.2, -0.15) is 0 Å². The van der Waals surface area contributed by atoms with Crippen LogP contribution in [0.15, 0.2) is 4.60 Å². The Morgan fingerprint density at radius 3 is 2.77 bits per heavy atom. The van der Waals surface area contributed by atoms with Crippen molar-refractivity contribution in [1.29, 1.82) is 0 Å². The lowest BCUT2D eigenvalue weighted by Gasteiger charge is -2.01. The Kier molecular flexibility index (Phi) is 3.08. The highest BCUT2D eigenvalue weighted by Gasteiger charge is 2.16. The average Bonchev–Trinajstić information content (AvgIpc) is 2.46.